The van der Waals surface area contributed by atoms with Crippen molar-refractivity contribution >= 4 is 11.8 Å². The van der Waals surface area contributed by atoms with Gasteiger partial charge in [0.25, 0.3) is 0 Å². The summed E-state index contributed by atoms with van der Waals surface area (Å²) >= 11 is 0. The molecule has 2 amide bonds. The molecule has 7 heteroatoms. The summed E-state index contributed by atoms with van der Waals surface area (Å²) in [7, 11) is 2.11. The quantitative estimate of drug-likeness (QED) is 0.711. The van der Waals surface area contributed by atoms with Crippen molar-refractivity contribution in [3.63, 3.8) is 0 Å². The number of hydrogen-bond acceptors (Lipinski definition) is 5. The number of carbonyl (C=O) groups is 2. The maximum Gasteiger partial charge on any atom is 0.311 e. The van der Waals surface area contributed by atoms with E-state index < -0.39 is 17.9 Å². The first kappa shape index (κ1) is 20.8. The zero-order valence-corrected chi connectivity index (χ0v) is 16.9. The Morgan fingerprint density at radius 1 is 1.14 bits per heavy atom. The van der Waals surface area contributed by atoms with E-state index in [1.807, 2.05) is 30.3 Å². The Morgan fingerprint density at radius 2 is 1.82 bits per heavy atom. The molecule has 0 aliphatic carbocycles. The van der Waals surface area contributed by atoms with Crippen LogP contribution in [0, 0.1) is 5.92 Å². The number of hydrogen-bond donors (Lipinski definition) is 2. The van der Waals surface area contributed by atoms with Crippen molar-refractivity contribution in [1.29, 1.82) is 0 Å². The normalized spacial score (nSPS) is 23.4. The second-order valence-corrected chi connectivity index (χ2v) is 8.08. The van der Waals surface area contributed by atoms with Gasteiger partial charge in [-0.1, -0.05) is 30.3 Å². The van der Waals surface area contributed by atoms with E-state index in [-0.39, 0.29) is 12.0 Å². The summed E-state index contributed by atoms with van der Waals surface area (Å²) < 4.78 is 0. The van der Waals surface area contributed by atoms with Crippen LogP contribution < -0.4 is 5.32 Å². The van der Waals surface area contributed by atoms with Crippen LogP contribution in [0.1, 0.15) is 24.9 Å². The average molecular weight is 389 g/mol. The first-order valence-corrected chi connectivity index (χ1v) is 10.2. The third-order valence-corrected chi connectivity index (χ3v) is 5.93. The summed E-state index contributed by atoms with van der Waals surface area (Å²) in [6, 6.07) is 9.61. The molecule has 28 heavy (non-hydrogen) atoms. The summed E-state index contributed by atoms with van der Waals surface area (Å²) in [5, 5.41) is 12.7. The molecule has 154 valence electrons. The van der Waals surface area contributed by atoms with Gasteiger partial charge >= 0.3 is 11.8 Å². The van der Waals surface area contributed by atoms with Crippen molar-refractivity contribution in [2.75, 3.05) is 52.9 Å². The summed E-state index contributed by atoms with van der Waals surface area (Å²) in [5.74, 6) is -1.01. The minimum atomic E-state index is -0.561. The number of aliphatic hydroxyl groups excluding tert-OH is 1. The van der Waals surface area contributed by atoms with E-state index in [2.05, 4.69) is 22.2 Å². The summed E-state index contributed by atoms with van der Waals surface area (Å²) in [6.45, 7) is 7.30. The highest BCUT2D eigenvalue weighted by Crippen LogP contribution is 2.20. The van der Waals surface area contributed by atoms with Crippen LogP contribution >= 0.6 is 0 Å². The molecule has 0 bridgehead atoms. The van der Waals surface area contributed by atoms with E-state index in [4.69, 9.17) is 0 Å². The maximum atomic E-state index is 12.7. The molecular weight excluding hydrogens is 356 g/mol. The van der Waals surface area contributed by atoms with Gasteiger partial charge in [0.1, 0.15) is 0 Å². The molecule has 0 saturated carbocycles. The van der Waals surface area contributed by atoms with Crippen molar-refractivity contribution in [1.82, 2.24) is 20.0 Å². The number of amides is 2. The minimum Gasteiger partial charge on any atom is -0.393 e. The molecule has 2 aliphatic heterocycles. The molecule has 3 unspecified atom stereocenters. The highest BCUT2D eigenvalue weighted by Gasteiger charge is 2.33. The number of carbonyl (C=O) groups excluding carboxylic acids is 2. The van der Waals surface area contributed by atoms with Crippen molar-refractivity contribution < 1.29 is 14.7 Å². The lowest BCUT2D eigenvalue weighted by molar-refractivity contribution is -0.145. The summed E-state index contributed by atoms with van der Waals surface area (Å²) in [4.78, 5) is 31.5. The van der Waals surface area contributed by atoms with Crippen LogP contribution in [0.5, 0.6) is 0 Å². The van der Waals surface area contributed by atoms with Gasteiger partial charge in [-0.25, -0.2) is 0 Å². The van der Waals surface area contributed by atoms with Gasteiger partial charge in [-0.3, -0.25) is 14.5 Å². The summed E-state index contributed by atoms with van der Waals surface area (Å²) in [5.41, 5.74) is 1.01. The van der Waals surface area contributed by atoms with E-state index in [0.717, 1.165) is 38.2 Å². The first-order chi connectivity index (χ1) is 13.4. The Morgan fingerprint density at radius 3 is 2.43 bits per heavy atom. The van der Waals surface area contributed by atoms with Crippen molar-refractivity contribution in [2.45, 2.75) is 25.5 Å². The van der Waals surface area contributed by atoms with Crippen LogP contribution in [0.25, 0.3) is 0 Å². The van der Waals surface area contributed by atoms with Gasteiger partial charge < -0.3 is 20.2 Å². The molecule has 1 aromatic carbocycles. The van der Waals surface area contributed by atoms with Crippen LogP contribution in [-0.2, 0) is 9.59 Å². The lowest BCUT2D eigenvalue weighted by atomic mass is 10.0. The molecular formula is C21H32N4O3. The maximum absolute atomic E-state index is 12.7. The molecule has 2 heterocycles. The van der Waals surface area contributed by atoms with Gasteiger partial charge in [-0.05, 0) is 26.0 Å². The number of benzene rings is 1. The van der Waals surface area contributed by atoms with E-state index >= 15 is 0 Å². The predicted octanol–water partition coefficient (Wildman–Crippen LogP) is 0.321. The Kier molecular flexibility index (Phi) is 7.04. The molecule has 2 fully saturated rings. The van der Waals surface area contributed by atoms with Gasteiger partial charge in [0.15, 0.2) is 0 Å². The van der Waals surface area contributed by atoms with E-state index in [0.29, 0.717) is 19.6 Å². The fraction of sp³-hybridized carbons (Fsp3) is 0.619. The third-order valence-electron chi connectivity index (χ3n) is 5.93. The number of piperazine rings is 1. The number of nitrogens with zero attached hydrogens (tertiary/aromatic N) is 3. The Balaban J connectivity index is 1.63. The summed E-state index contributed by atoms with van der Waals surface area (Å²) in [6.07, 6.45) is 0.273. The molecule has 3 rings (SSSR count). The molecule has 3 atom stereocenters. The first-order valence-electron chi connectivity index (χ1n) is 10.2. The Labute approximate surface area is 167 Å². The average Bonchev–Trinajstić information content (AvgIpc) is 3.19. The highest BCUT2D eigenvalue weighted by molar-refractivity contribution is 6.35. The number of nitrogens with one attached hydrogen (secondary N) is 1. The number of aliphatic hydroxyl groups is 1. The van der Waals surface area contributed by atoms with Crippen LogP contribution in [-0.4, -0.2) is 90.6 Å². The van der Waals surface area contributed by atoms with Crippen molar-refractivity contribution in [3.8, 4) is 0 Å². The Hall–Kier alpha value is -1.96. The third kappa shape index (κ3) is 5.31. The molecule has 7 nitrogen and oxygen atoms in total. The van der Waals surface area contributed by atoms with E-state index in [9.17, 15) is 14.7 Å². The highest BCUT2D eigenvalue weighted by atomic mass is 16.3. The van der Waals surface area contributed by atoms with E-state index in [1.54, 1.807) is 11.8 Å². The zero-order valence-electron chi connectivity index (χ0n) is 16.9. The Bertz CT molecular complexity index is 659. The second kappa shape index (κ2) is 9.49. The van der Waals surface area contributed by atoms with Crippen LogP contribution in [0.15, 0.2) is 30.3 Å². The van der Waals surface area contributed by atoms with Crippen molar-refractivity contribution in [2.24, 2.45) is 5.92 Å². The van der Waals surface area contributed by atoms with Crippen LogP contribution in [0.4, 0.5) is 0 Å². The fourth-order valence-electron chi connectivity index (χ4n) is 3.94. The van der Waals surface area contributed by atoms with Crippen LogP contribution in [0.2, 0.25) is 0 Å². The molecule has 1 aromatic rings. The lowest BCUT2D eigenvalue weighted by Crippen LogP contribution is -2.49. The zero-order chi connectivity index (χ0) is 20.1. The number of likely N-dealkylation sites (tertiary alicyclic amines) is 1. The van der Waals surface area contributed by atoms with Crippen molar-refractivity contribution in [3.05, 3.63) is 35.9 Å². The van der Waals surface area contributed by atoms with Gasteiger partial charge in [0.05, 0.1) is 12.1 Å². The SMILES string of the molecule is CC(O)C1CCN(C(=O)C(=O)NC(CN2CCN(C)CC2)c2ccccc2)C1. The molecule has 0 aromatic heterocycles. The monoisotopic (exact) mass is 388 g/mol. The molecule has 2 saturated heterocycles. The number of rotatable bonds is 5. The van der Waals surface area contributed by atoms with E-state index in [1.165, 1.54) is 0 Å². The predicted molar refractivity (Wildman–Crippen MR) is 108 cm³/mol. The minimum absolute atomic E-state index is 0.0482. The molecule has 2 aliphatic rings. The smallest absolute Gasteiger partial charge is 0.311 e. The van der Waals surface area contributed by atoms with Gasteiger partial charge in [0.2, 0.25) is 0 Å². The lowest BCUT2D eigenvalue weighted by Gasteiger charge is -2.35. The van der Waals surface area contributed by atoms with Crippen LogP contribution in [0.3, 0.4) is 0 Å². The fourth-order valence-corrected chi connectivity index (χ4v) is 3.94. The van der Waals surface area contributed by atoms with Gasteiger partial charge in [-0.2, -0.15) is 0 Å². The largest absolute Gasteiger partial charge is 0.393 e. The standard InChI is InChI=1S/C21H32N4O3/c1-16(26)18-8-9-25(14-18)21(28)20(27)22-19(17-6-4-3-5-7-17)15-24-12-10-23(2)11-13-24/h3-7,16,18-19,26H,8-15H2,1-2H3,(H,22,27). The van der Waals surface area contributed by atoms with Gasteiger partial charge in [-0.15, -0.1) is 0 Å². The second-order valence-electron chi connectivity index (χ2n) is 8.08. The molecule has 0 spiro atoms. The topological polar surface area (TPSA) is 76.1 Å². The van der Waals surface area contributed by atoms with Gasteiger partial charge in [0, 0.05) is 51.7 Å². The number of likely N-dealkylation sites (N-methyl/N-ethyl adjacent to an activating group) is 1. The molecule has 0 radical (unpaired) electrons. The molecule has 2 N–H and O–H groups in total.